The molecule has 0 saturated heterocycles. The number of methoxy groups -OCH3 is 2. The van der Waals surface area contributed by atoms with E-state index in [1.165, 1.54) is 21.1 Å². The van der Waals surface area contributed by atoms with Crippen LogP contribution in [0.5, 0.6) is 0 Å². The van der Waals surface area contributed by atoms with E-state index in [0.29, 0.717) is 0 Å². The van der Waals surface area contributed by atoms with Gasteiger partial charge in [0.1, 0.15) is 0 Å². The van der Waals surface area contributed by atoms with E-state index in [9.17, 15) is 14.4 Å². The summed E-state index contributed by atoms with van der Waals surface area (Å²) >= 11 is 0. The largest absolute Gasteiger partial charge is 0.354 e. The first-order valence-corrected chi connectivity index (χ1v) is 5.33. The van der Waals surface area contributed by atoms with E-state index in [0.717, 1.165) is 4.90 Å². The Morgan fingerprint density at radius 1 is 1.28 bits per heavy atom. The van der Waals surface area contributed by atoms with Crippen molar-refractivity contribution in [3.05, 3.63) is 0 Å². The van der Waals surface area contributed by atoms with Crippen molar-refractivity contribution in [3.63, 3.8) is 0 Å². The van der Waals surface area contributed by atoms with Crippen LogP contribution in [0.25, 0.3) is 0 Å². The Balaban J connectivity index is 4.39. The molecule has 0 unspecified atom stereocenters. The third kappa shape index (κ3) is 5.21. The second-order valence-corrected chi connectivity index (χ2v) is 3.38. The minimum Gasteiger partial charge on any atom is -0.354 e. The third-order valence-electron chi connectivity index (χ3n) is 2.13. The summed E-state index contributed by atoms with van der Waals surface area (Å²) in [5.74, 6) is -2.38. The van der Waals surface area contributed by atoms with E-state index in [2.05, 4.69) is 5.32 Å². The van der Waals surface area contributed by atoms with E-state index < -0.39 is 24.0 Å². The van der Waals surface area contributed by atoms with Gasteiger partial charge in [-0.3, -0.25) is 19.3 Å². The minimum absolute atomic E-state index is 0.000426. The molecule has 0 aliphatic heterocycles. The molecule has 0 aliphatic rings. The normalized spacial score (nSPS) is 10.3. The van der Waals surface area contributed by atoms with Gasteiger partial charge in [0.25, 0.3) is 0 Å². The maximum atomic E-state index is 11.6. The quantitative estimate of drug-likeness (QED) is 0.425. The van der Waals surface area contributed by atoms with Gasteiger partial charge < -0.3 is 20.5 Å². The second-order valence-electron chi connectivity index (χ2n) is 3.38. The number of carbonyl (C=O) groups excluding carboxylic acids is 3. The predicted octanol–water partition coefficient (Wildman–Crippen LogP) is -1.94. The van der Waals surface area contributed by atoms with Crippen LogP contribution < -0.4 is 11.1 Å². The molecule has 0 aromatic heterocycles. The summed E-state index contributed by atoms with van der Waals surface area (Å²) in [5, 5.41) is 2.30. The molecule has 0 radical (unpaired) electrons. The van der Waals surface area contributed by atoms with Crippen molar-refractivity contribution >= 4 is 17.7 Å². The van der Waals surface area contributed by atoms with Crippen LogP contribution in [0, 0.1) is 0 Å². The van der Waals surface area contributed by atoms with Crippen molar-refractivity contribution < 1.29 is 23.9 Å². The molecule has 0 spiro atoms. The lowest BCUT2D eigenvalue weighted by atomic mass is 10.4. The fourth-order valence-corrected chi connectivity index (χ4v) is 1.17. The lowest BCUT2D eigenvalue weighted by Gasteiger charge is -2.18. The number of amides is 3. The SMILES string of the molecule is COC(CNC(=O)C(=O)N(CCN)C(C)=O)OC. The van der Waals surface area contributed by atoms with E-state index in [1.54, 1.807) is 0 Å². The minimum atomic E-state index is -0.945. The van der Waals surface area contributed by atoms with Gasteiger partial charge in [-0.15, -0.1) is 0 Å². The number of nitrogens with one attached hydrogen (secondary N) is 1. The highest BCUT2D eigenvalue weighted by molar-refractivity contribution is 6.37. The van der Waals surface area contributed by atoms with Crippen molar-refractivity contribution in [3.8, 4) is 0 Å². The van der Waals surface area contributed by atoms with E-state index in [4.69, 9.17) is 15.2 Å². The van der Waals surface area contributed by atoms with Gasteiger partial charge in [0.2, 0.25) is 5.91 Å². The monoisotopic (exact) mass is 261 g/mol. The number of rotatable bonds is 6. The van der Waals surface area contributed by atoms with E-state index >= 15 is 0 Å². The summed E-state index contributed by atoms with van der Waals surface area (Å²) in [6.45, 7) is 1.29. The van der Waals surface area contributed by atoms with Gasteiger partial charge in [-0.1, -0.05) is 0 Å². The first kappa shape index (κ1) is 16.5. The number of ether oxygens (including phenoxy) is 2. The highest BCUT2D eigenvalue weighted by Gasteiger charge is 2.24. The molecular formula is C10H19N3O5. The number of hydrogen-bond acceptors (Lipinski definition) is 6. The van der Waals surface area contributed by atoms with Gasteiger partial charge in [0.15, 0.2) is 6.29 Å². The van der Waals surface area contributed by atoms with Crippen molar-refractivity contribution in [1.82, 2.24) is 10.2 Å². The summed E-state index contributed by atoms with van der Waals surface area (Å²) in [5.41, 5.74) is 5.25. The number of nitrogens with two attached hydrogens (primary N) is 1. The smallest absolute Gasteiger partial charge is 0.318 e. The molecule has 0 atom stereocenters. The molecule has 18 heavy (non-hydrogen) atoms. The number of nitrogens with zero attached hydrogens (tertiary/aromatic N) is 1. The topological polar surface area (TPSA) is 111 Å². The molecule has 0 fully saturated rings. The summed E-state index contributed by atoms with van der Waals surface area (Å²) in [7, 11) is 2.80. The van der Waals surface area contributed by atoms with Crippen LogP contribution >= 0.6 is 0 Å². The van der Waals surface area contributed by atoms with Crippen molar-refractivity contribution in [1.29, 1.82) is 0 Å². The maximum Gasteiger partial charge on any atom is 0.318 e. The van der Waals surface area contributed by atoms with E-state index in [-0.39, 0.29) is 19.6 Å². The first-order valence-electron chi connectivity index (χ1n) is 5.33. The first-order chi connectivity index (χ1) is 8.47. The molecule has 0 bridgehead atoms. The third-order valence-corrected chi connectivity index (χ3v) is 2.13. The summed E-state index contributed by atoms with van der Waals surface area (Å²) < 4.78 is 9.67. The van der Waals surface area contributed by atoms with Gasteiger partial charge in [-0.2, -0.15) is 0 Å². The average Bonchev–Trinajstić information content (AvgIpc) is 2.35. The van der Waals surface area contributed by atoms with Gasteiger partial charge in [0, 0.05) is 34.2 Å². The molecule has 3 amide bonds. The Labute approximate surface area is 105 Å². The van der Waals surface area contributed by atoms with Gasteiger partial charge in [-0.25, -0.2) is 0 Å². The molecular weight excluding hydrogens is 242 g/mol. The molecule has 0 aromatic carbocycles. The van der Waals surface area contributed by atoms with Crippen LogP contribution in [-0.2, 0) is 23.9 Å². The van der Waals surface area contributed by atoms with Crippen molar-refractivity contribution in [2.45, 2.75) is 13.2 Å². The Bertz CT molecular complexity index is 304. The zero-order valence-electron chi connectivity index (χ0n) is 10.8. The lowest BCUT2D eigenvalue weighted by molar-refractivity contribution is -0.152. The number of imide groups is 1. The fraction of sp³-hybridized carbons (Fsp3) is 0.700. The molecule has 0 heterocycles. The standard InChI is InChI=1S/C10H19N3O5/c1-7(14)13(5-4-11)10(16)9(15)12-6-8(17-2)18-3/h8H,4-6,11H2,1-3H3,(H,12,15). The molecule has 0 rings (SSSR count). The Hall–Kier alpha value is -1.51. The Kier molecular flexibility index (Phi) is 7.84. The van der Waals surface area contributed by atoms with E-state index in [1.807, 2.05) is 0 Å². The van der Waals surface area contributed by atoms with Gasteiger partial charge in [-0.05, 0) is 0 Å². The summed E-state index contributed by atoms with van der Waals surface area (Å²) in [4.78, 5) is 35.0. The molecule has 0 saturated carbocycles. The lowest BCUT2D eigenvalue weighted by Crippen LogP contribution is -2.48. The molecule has 3 N–H and O–H groups in total. The Morgan fingerprint density at radius 2 is 1.83 bits per heavy atom. The zero-order valence-corrected chi connectivity index (χ0v) is 10.8. The predicted molar refractivity (Wildman–Crippen MR) is 62.3 cm³/mol. The van der Waals surface area contributed by atoms with Gasteiger partial charge >= 0.3 is 11.8 Å². The second kappa shape index (κ2) is 8.56. The van der Waals surface area contributed by atoms with Crippen LogP contribution in [-0.4, -0.2) is 62.8 Å². The van der Waals surface area contributed by atoms with Crippen LogP contribution in [0.1, 0.15) is 6.92 Å². The zero-order chi connectivity index (χ0) is 14.1. The van der Waals surface area contributed by atoms with Crippen LogP contribution in [0.2, 0.25) is 0 Å². The molecule has 0 aliphatic carbocycles. The van der Waals surface area contributed by atoms with Crippen molar-refractivity contribution in [2.75, 3.05) is 33.9 Å². The molecule has 8 nitrogen and oxygen atoms in total. The Morgan fingerprint density at radius 3 is 2.22 bits per heavy atom. The molecule has 104 valence electrons. The molecule has 0 aromatic rings. The highest BCUT2D eigenvalue weighted by atomic mass is 16.7. The summed E-state index contributed by atoms with van der Waals surface area (Å²) in [6.07, 6.45) is -0.651. The average molecular weight is 261 g/mol. The summed E-state index contributed by atoms with van der Waals surface area (Å²) in [6, 6.07) is 0. The number of carbonyl (C=O) groups is 3. The van der Waals surface area contributed by atoms with Crippen molar-refractivity contribution in [2.24, 2.45) is 5.73 Å². The van der Waals surface area contributed by atoms with Crippen LogP contribution in [0.4, 0.5) is 0 Å². The maximum absolute atomic E-state index is 11.6. The highest BCUT2D eigenvalue weighted by Crippen LogP contribution is 1.92. The van der Waals surface area contributed by atoms with Crippen LogP contribution in [0.15, 0.2) is 0 Å². The fourth-order valence-electron chi connectivity index (χ4n) is 1.17. The number of hydrogen-bond donors (Lipinski definition) is 2. The van der Waals surface area contributed by atoms with Crippen LogP contribution in [0.3, 0.4) is 0 Å². The van der Waals surface area contributed by atoms with Gasteiger partial charge in [0.05, 0.1) is 6.54 Å². The molecule has 8 heteroatoms.